The standard InChI is InChI=1S/C35H34FN3O3S/c1-41-31-18-15-25(21-32(31)42-2)19-20-39(22-26-13-16-29(36)17-14-26)23-33-37-30(24-43-33)35(40)38-34(27-9-5-3-6-10-27)28-11-7-4-8-12-28/h3-18,21,24,34H,19-20,22-23H2,1-2H3,(H,38,40). The van der Waals surface area contributed by atoms with Crippen LogP contribution in [-0.2, 0) is 19.5 Å². The van der Waals surface area contributed by atoms with Gasteiger partial charge in [0.2, 0.25) is 0 Å². The molecule has 0 aliphatic rings. The normalized spacial score (nSPS) is 11.1. The van der Waals surface area contributed by atoms with Gasteiger partial charge in [0.25, 0.3) is 5.91 Å². The first-order valence-electron chi connectivity index (χ1n) is 14.0. The topological polar surface area (TPSA) is 63.7 Å². The number of nitrogens with one attached hydrogen (secondary N) is 1. The molecular weight excluding hydrogens is 561 g/mol. The molecule has 5 rings (SSSR count). The number of aromatic nitrogens is 1. The maximum absolute atomic E-state index is 13.6. The third-order valence-electron chi connectivity index (χ3n) is 7.17. The van der Waals surface area contributed by atoms with Crippen molar-refractivity contribution in [2.24, 2.45) is 0 Å². The van der Waals surface area contributed by atoms with Crippen LogP contribution >= 0.6 is 11.3 Å². The molecule has 0 atom stereocenters. The van der Waals surface area contributed by atoms with Crippen molar-refractivity contribution in [3.63, 3.8) is 0 Å². The Morgan fingerprint density at radius 1 is 0.837 bits per heavy atom. The van der Waals surface area contributed by atoms with Gasteiger partial charge in [-0.25, -0.2) is 9.37 Å². The van der Waals surface area contributed by atoms with Gasteiger partial charge in [-0.05, 0) is 52.9 Å². The molecule has 1 N–H and O–H groups in total. The van der Waals surface area contributed by atoms with Crippen LogP contribution in [0.3, 0.4) is 0 Å². The van der Waals surface area contributed by atoms with Crippen molar-refractivity contribution in [1.29, 1.82) is 0 Å². The second-order valence-corrected chi connectivity index (χ2v) is 11.1. The number of thiazole rings is 1. The summed E-state index contributed by atoms with van der Waals surface area (Å²) in [6.07, 6.45) is 0.760. The SMILES string of the molecule is COc1ccc(CCN(Cc2ccc(F)cc2)Cc2nc(C(=O)NC(c3ccccc3)c3ccccc3)cs2)cc1OC. The molecule has 6 nitrogen and oxygen atoms in total. The zero-order valence-corrected chi connectivity index (χ0v) is 25.0. The Morgan fingerprint density at radius 2 is 1.47 bits per heavy atom. The van der Waals surface area contributed by atoms with Crippen LogP contribution in [0.5, 0.6) is 11.5 Å². The number of benzene rings is 4. The van der Waals surface area contributed by atoms with Gasteiger partial charge in [-0.2, -0.15) is 0 Å². The number of amides is 1. The molecule has 43 heavy (non-hydrogen) atoms. The minimum Gasteiger partial charge on any atom is -0.493 e. The molecule has 0 spiro atoms. The van der Waals surface area contributed by atoms with Crippen LogP contribution in [0.25, 0.3) is 0 Å². The van der Waals surface area contributed by atoms with Crippen LogP contribution in [-0.4, -0.2) is 36.6 Å². The van der Waals surface area contributed by atoms with Crippen LogP contribution in [0.4, 0.5) is 4.39 Å². The van der Waals surface area contributed by atoms with Gasteiger partial charge in [0.1, 0.15) is 16.5 Å². The van der Waals surface area contributed by atoms with Gasteiger partial charge < -0.3 is 14.8 Å². The molecule has 0 unspecified atom stereocenters. The Morgan fingerprint density at radius 3 is 2.09 bits per heavy atom. The molecule has 8 heteroatoms. The smallest absolute Gasteiger partial charge is 0.271 e. The van der Waals surface area contributed by atoms with E-state index in [-0.39, 0.29) is 17.8 Å². The number of hydrogen-bond donors (Lipinski definition) is 1. The quantitative estimate of drug-likeness (QED) is 0.158. The zero-order chi connectivity index (χ0) is 30.0. The summed E-state index contributed by atoms with van der Waals surface area (Å²) in [5.41, 5.74) is 4.49. The predicted molar refractivity (Wildman–Crippen MR) is 168 cm³/mol. The van der Waals surface area contributed by atoms with Gasteiger partial charge in [-0.1, -0.05) is 78.9 Å². The molecule has 0 radical (unpaired) electrons. The maximum Gasteiger partial charge on any atom is 0.271 e. The summed E-state index contributed by atoms with van der Waals surface area (Å²) in [6.45, 7) is 1.88. The summed E-state index contributed by atoms with van der Waals surface area (Å²) in [4.78, 5) is 20.4. The van der Waals surface area contributed by atoms with Crippen molar-refractivity contribution in [2.75, 3.05) is 20.8 Å². The molecule has 1 heterocycles. The van der Waals surface area contributed by atoms with E-state index in [9.17, 15) is 9.18 Å². The molecule has 0 saturated heterocycles. The molecule has 4 aromatic carbocycles. The number of halogens is 1. The molecule has 220 valence electrons. The monoisotopic (exact) mass is 595 g/mol. The van der Waals surface area contributed by atoms with Gasteiger partial charge in [0, 0.05) is 18.5 Å². The lowest BCUT2D eigenvalue weighted by Crippen LogP contribution is -2.29. The second-order valence-electron chi connectivity index (χ2n) is 10.1. The van der Waals surface area contributed by atoms with Crippen LogP contribution in [0.2, 0.25) is 0 Å². The first-order chi connectivity index (χ1) is 21.0. The summed E-state index contributed by atoms with van der Waals surface area (Å²) in [5, 5.41) is 5.82. The fourth-order valence-corrected chi connectivity index (χ4v) is 5.74. The number of hydrogen-bond acceptors (Lipinski definition) is 6. The highest BCUT2D eigenvalue weighted by Gasteiger charge is 2.20. The Labute approximate surface area is 255 Å². The molecule has 5 aromatic rings. The van der Waals surface area contributed by atoms with E-state index in [1.807, 2.05) is 84.2 Å². The summed E-state index contributed by atoms with van der Waals surface area (Å²) in [7, 11) is 3.24. The van der Waals surface area contributed by atoms with E-state index in [1.165, 1.54) is 23.5 Å². The van der Waals surface area contributed by atoms with Crippen molar-refractivity contribution >= 4 is 17.2 Å². The van der Waals surface area contributed by atoms with Gasteiger partial charge in [0.05, 0.1) is 26.8 Å². The van der Waals surface area contributed by atoms with Gasteiger partial charge >= 0.3 is 0 Å². The van der Waals surface area contributed by atoms with E-state index in [0.717, 1.165) is 40.2 Å². The highest BCUT2D eigenvalue weighted by atomic mass is 32.1. The molecule has 1 amide bonds. The van der Waals surface area contributed by atoms with E-state index >= 15 is 0 Å². The number of nitrogens with zero attached hydrogens (tertiary/aromatic N) is 2. The molecule has 0 aliphatic carbocycles. The summed E-state index contributed by atoms with van der Waals surface area (Å²) in [5.74, 6) is 0.880. The Kier molecular flexibility index (Phi) is 10.2. The predicted octanol–water partition coefficient (Wildman–Crippen LogP) is 7.06. The van der Waals surface area contributed by atoms with Crippen LogP contribution in [0.15, 0.2) is 109 Å². The van der Waals surface area contributed by atoms with Gasteiger partial charge in [-0.15, -0.1) is 11.3 Å². The third-order valence-corrected chi connectivity index (χ3v) is 8.00. The maximum atomic E-state index is 13.6. The lowest BCUT2D eigenvalue weighted by molar-refractivity contribution is 0.0938. The molecule has 0 fully saturated rings. The molecule has 1 aromatic heterocycles. The van der Waals surface area contributed by atoms with E-state index in [4.69, 9.17) is 14.5 Å². The van der Waals surface area contributed by atoms with Crippen molar-refractivity contribution in [2.45, 2.75) is 25.6 Å². The summed E-state index contributed by atoms with van der Waals surface area (Å²) < 4.78 is 24.4. The fraction of sp³-hybridized carbons (Fsp3) is 0.200. The minimum atomic E-state index is -0.295. The lowest BCUT2D eigenvalue weighted by Gasteiger charge is -2.22. The Bertz CT molecular complexity index is 1570. The molecular formula is C35H34FN3O3S. The minimum absolute atomic E-state index is 0.226. The van der Waals surface area contributed by atoms with E-state index < -0.39 is 0 Å². The van der Waals surface area contributed by atoms with Crippen LogP contribution in [0.1, 0.15) is 43.8 Å². The number of rotatable bonds is 13. The highest BCUT2D eigenvalue weighted by Crippen LogP contribution is 2.28. The van der Waals surface area contributed by atoms with Crippen molar-refractivity contribution < 1.29 is 18.7 Å². The number of methoxy groups -OCH3 is 2. The average Bonchev–Trinajstić information content (AvgIpc) is 3.52. The largest absolute Gasteiger partial charge is 0.493 e. The van der Waals surface area contributed by atoms with Gasteiger partial charge in [-0.3, -0.25) is 9.69 Å². The molecule has 0 saturated carbocycles. The Balaban J connectivity index is 1.31. The first kappa shape index (κ1) is 29.9. The first-order valence-corrected chi connectivity index (χ1v) is 14.9. The van der Waals surface area contributed by atoms with E-state index in [0.29, 0.717) is 30.3 Å². The molecule has 0 bridgehead atoms. The number of carbonyl (C=O) groups excluding carboxylic acids is 1. The third kappa shape index (κ3) is 8.06. The molecule has 0 aliphatic heterocycles. The fourth-order valence-electron chi connectivity index (χ4n) is 4.92. The van der Waals surface area contributed by atoms with Gasteiger partial charge in [0.15, 0.2) is 11.5 Å². The van der Waals surface area contributed by atoms with Crippen molar-refractivity contribution in [1.82, 2.24) is 15.2 Å². The van der Waals surface area contributed by atoms with E-state index in [1.54, 1.807) is 26.4 Å². The summed E-state index contributed by atoms with van der Waals surface area (Å²) >= 11 is 1.46. The zero-order valence-electron chi connectivity index (χ0n) is 24.2. The van der Waals surface area contributed by atoms with Crippen LogP contribution < -0.4 is 14.8 Å². The van der Waals surface area contributed by atoms with Crippen molar-refractivity contribution in [3.8, 4) is 11.5 Å². The Hall–Kier alpha value is -4.53. The number of ether oxygens (including phenoxy) is 2. The average molecular weight is 596 g/mol. The highest BCUT2D eigenvalue weighted by molar-refractivity contribution is 7.09. The second kappa shape index (κ2) is 14.6. The lowest BCUT2D eigenvalue weighted by atomic mass is 9.98. The van der Waals surface area contributed by atoms with Crippen molar-refractivity contribution in [3.05, 3.63) is 147 Å². The van der Waals surface area contributed by atoms with Crippen LogP contribution in [0, 0.1) is 5.82 Å². The van der Waals surface area contributed by atoms with E-state index in [2.05, 4.69) is 10.2 Å². The summed E-state index contributed by atoms with van der Waals surface area (Å²) in [6, 6.07) is 32.0. The number of carbonyl (C=O) groups is 1.